The van der Waals surface area contributed by atoms with Gasteiger partial charge in [0, 0.05) is 6.54 Å². The Morgan fingerprint density at radius 2 is 2.14 bits per heavy atom. The molecule has 0 saturated heterocycles. The molecule has 0 radical (unpaired) electrons. The lowest BCUT2D eigenvalue weighted by molar-refractivity contribution is 0.647. The van der Waals surface area contributed by atoms with E-state index in [0.29, 0.717) is 0 Å². The van der Waals surface area contributed by atoms with Crippen molar-refractivity contribution >= 4 is 17.1 Å². The van der Waals surface area contributed by atoms with Gasteiger partial charge in [0.2, 0.25) is 0 Å². The normalized spacial score (nSPS) is 20.1. The molecule has 1 unspecified atom stereocenters. The number of anilines is 3. The van der Waals surface area contributed by atoms with Crippen molar-refractivity contribution in [2.24, 2.45) is 5.84 Å². The molecule has 4 heteroatoms. The van der Waals surface area contributed by atoms with Gasteiger partial charge in [-0.1, -0.05) is 6.07 Å². The van der Waals surface area contributed by atoms with Gasteiger partial charge < -0.3 is 10.6 Å². The van der Waals surface area contributed by atoms with Crippen LogP contribution in [0.1, 0.15) is 13.8 Å². The van der Waals surface area contributed by atoms with Crippen molar-refractivity contribution in [2.75, 3.05) is 22.2 Å². The molecule has 4 nitrogen and oxygen atoms in total. The maximum Gasteiger partial charge on any atom is 0.113 e. The number of fused-ring (bicyclic) bond motifs is 1. The quantitative estimate of drug-likeness (QED) is 0.517. The van der Waals surface area contributed by atoms with E-state index in [1.54, 1.807) is 5.01 Å². The summed E-state index contributed by atoms with van der Waals surface area (Å²) >= 11 is 0. The van der Waals surface area contributed by atoms with E-state index < -0.39 is 0 Å². The third-order valence-corrected chi connectivity index (χ3v) is 2.81. The molecule has 1 aliphatic heterocycles. The number of hydrazine groups is 1. The van der Waals surface area contributed by atoms with Crippen LogP contribution < -0.4 is 21.5 Å². The highest BCUT2D eigenvalue weighted by Gasteiger charge is 2.31. The van der Waals surface area contributed by atoms with Crippen LogP contribution in [0.15, 0.2) is 18.2 Å². The predicted octanol–water partition coefficient (Wildman–Crippen LogP) is 1.13. The van der Waals surface area contributed by atoms with Crippen LogP contribution in [0.5, 0.6) is 0 Å². The Balaban J connectivity index is 2.55. The second-order valence-electron chi connectivity index (χ2n) is 3.54. The molecule has 0 amide bonds. The summed E-state index contributed by atoms with van der Waals surface area (Å²) in [6, 6.07) is 5.89. The lowest BCUT2D eigenvalue weighted by atomic mass is 10.2. The predicted molar refractivity (Wildman–Crippen MR) is 60.0 cm³/mol. The molecule has 1 atom stereocenters. The lowest BCUT2D eigenvalue weighted by Crippen LogP contribution is -2.44. The minimum Gasteiger partial charge on any atom is -0.397 e. The fourth-order valence-electron chi connectivity index (χ4n) is 2.03. The maximum atomic E-state index is 5.97. The zero-order valence-corrected chi connectivity index (χ0v) is 8.57. The molecular formula is C10H16N4. The highest BCUT2D eigenvalue weighted by atomic mass is 15.5. The van der Waals surface area contributed by atoms with Crippen LogP contribution in [-0.4, -0.2) is 12.7 Å². The lowest BCUT2D eigenvalue weighted by Gasteiger charge is -2.25. The van der Waals surface area contributed by atoms with Crippen molar-refractivity contribution in [1.29, 1.82) is 0 Å². The van der Waals surface area contributed by atoms with E-state index in [2.05, 4.69) is 24.8 Å². The molecule has 1 aromatic rings. The van der Waals surface area contributed by atoms with Crippen LogP contribution in [0.2, 0.25) is 0 Å². The van der Waals surface area contributed by atoms with E-state index in [9.17, 15) is 0 Å². The number of para-hydroxylation sites is 1. The molecule has 0 aromatic heterocycles. The Hall–Kier alpha value is -1.42. The van der Waals surface area contributed by atoms with Crippen LogP contribution >= 0.6 is 0 Å². The van der Waals surface area contributed by atoms with Crippen molar-refractivity contribution in [1.82, 2.24) is 0 Å². The van der Waals surface area contributed by atoms with E-state index in [4.69, 9.17) is 11.6 Å². The van der Waals surface area contributed by atoms with Gasteiger partial charge >= 0.3 is 0 Å². The molecule has 1 heterocycles. The summed E-state index contributed by atoms with van der Waals surface area (Å²) in [6.45, 7) is 5.12. The van der Waals surface area contributed by atoms with Crippen molar-refractivity contribution in [3.63, 3.8) is 0 Å². The first-order valence-electron chi connectivity index (χ1n) is 4.86. The third-order valence-electron chi connectivity index (χ3n) is 2.81. The average Bonchev–Trinajstić information content (AvgIpc) is 2.41. The number of benzene rings is 1. The summed E-state index contributed by atoms with van der Waals surface area (Å²) in [5, 5.41) is 1.73. The summed E-state index contributed by atoms with van der Waals surface area (Å²) in [6.07, 6.45) is 0.180. The Kier molecular flexibility index (Phi) is 2.00. The van der Waals surface area contributed by atoms with Gasteiger partial charge in [-0.25, -0.2) is 5.84 Å². The second kappa shape index (κ2) is 3.06. The summed E-state index contributed by atoms with van der Waals surface area (Å²) in [7, 11) is 0. The zero-order chi connectivity index (χ0) is 10.3. The first kappa shape index (κ1) is 9.15. The number of nitrogens with zero attached hydrogens (tertiary/aromatic N) is 2. The van der Waals surface area contributed by atoms with Gasteiger partial charge in [0.05, 0.1) is 11.4 Å². The molecule has 1 aromatic carbocycles. The number of hydrogen-bond donors (Lipinski definition) is 2. The SMILES string of the molecule is CCN1c2cccc(N)c2N(N)C1C. The molecule has 0 aliphatic carbocycles. The van der Waals surface area contributed by atoms with Crippen molar-refractivity contribution in [3.8, 4) is 0 Å². The largest absolute Gasteiger partial charge is 0.397 e. The van der Waals surface area contributed by atoms with Crippen LogP contribution in [0, 0.1) is 0 Å². The molecule has 14 heavy (non-hydrogen) atoms. The first-order chi connectivity index (χ1) is 6.66. The number of nitrogen functional groups attached to an aromatic ring is 1. The summed E-state index contributed by atoms with van der Waals surface area (Å²) in [4.78, 5) is 2.23. The molecule has 2 rings (SSSR count). The third kappa shape index (κ3) is 1.04. The first-order valence-corrected chi connectivity index (χ1v) is 4.86. The molecule has 1 aliphatic rings. The fourth-order valence-corrected chi connectivity index (χ4v) is 2.03. The van der Waals surface area contributed by atoms with Crippen molar-refractivity contribution < 1.29 is 0 Å². The van der Waals surface area contributed by atoms with Crippen LogP contribution in [0.4, 0.5) is 17.1 Å². The zero-order valence-electron chi connectivity index (χ0n) is 8.57. The highest BCUT2D eigenvalue weighted by molar-refractivity contribution is 5.86. The number of hydrogen-bond acceptors (Lipinski definition) is 4. The average molecular weight is 192 g/mol. The Bertz CT molecular complexity index is 350. The smallest absolute Gasteiger partial charge is 0.113 e. The van der Waals surface area contributed by atoms with Crippen LogP contribution in [-0.2, 0) is 0 Å². The molecule has 0 fully saturated rings. The monoisotopic (exact) mass is 192 g/mol. The van der Waals surface area contributed by atoms with Gasteiger partial charge in [0.15, 0.2) is 0 Å². The van der Waals surface area contributed by atoms with E-state index in [1.165, 1.54) is 0 Å². The Morgan fingerprint density at radius 1 is 1.43 bits per heavy atom. The fraction of sp³-hybridized carbons (Fsp3) is 0.400. The number of nitrogens with two attached hydrogens (primary N) is 2. The minimum absolute atomic E-state index is 0.180. The van der Waals surface area contributed by atoms with E-state index in [0.717, 1.165) is 23.6 Å². The van der Waals surface area contributed by atoms with Crippen LogP contribution in [0.3, 0.4) is 0 Å². The minimum atomic E-state index is 0.180. The second-order valence-corrected chi connectivity index (χ2v) is 3.54. The summed E-state index contributed by atoms with van der Waals surface area (Å²) in [5.41, 5.74) is 8.71. The van der Waals surface area contributed by atoms with Gasteiger partial charge in [0.1, 0.15) is 11.9 Å². The standard InChI is InChI=1S/C10H16N4/c1-3-13-7(2)14(12)10-8(11)5-4-6-9(10)13/h4-7H,3,11-12H2,1-2H3. The molecule has 76 valence electrons. The number of rotatable bonds is 1. The van der Waals surface area contributed by atoms with Gasteiger partial charge in [-0.05, 0) is 26.0 Å². The Labute approximate surface area is 84.1 Å². The van der Waals surface area contributed by atoms with Crippen molar-refractivity contribution in [3.05, 3.63) is 18.2 Å². The highest BCUT2D eigenvalue weighted by Crippen LogP contribution is 2.41. The van der Waals surface area contributed by atoms with Gasteiger partial charge in [-0.3, -0.25) is 5.01 Å². The van der Waals surface area contributed by atoms with Gasteiger partial charge in [-0.15, -0.1) is 0 Å². The summed E-state index contributed by atoms with van der Waals surface area (Å²) < 4.78 is 0. The molecule has 4 N–H and O–H groups in total. The van der Waals surface area contributed by atoms with Crippen molar-refractivity contribution in [2.45, 2.75) is 20.0 Å². The molecule has 0 bridgehead atoms. The summed E-state index contributed by atoms with van der Waals surface area (Å²) in [5.74, 6) is 5.97. The molecule has 0 spiro atoms. The van der Waals surface area contributed by atoms with E-state index in [1.807, 2.05) is 12.1 Å². The molecule has 0 saturated carbocycles. The Morgan fingerprint density at radius 3 is 2.79 bits per heavy atom. The topological polar surface area (TPSA) is 58.5 Å². The van der Waals surface area contributed by atoms with Crippen LogP contribution in [0.25, 0.3) is 0 Å². The van der Waals surface area contributed by atoms with Gasteiger partial charge in [-0.2, -0.15) is 0 Å². The van der Waals surface area contributed by atoms with Gasteiger partial charge in [0.25, 0.3) is 0 Å². The molecular weight excluding hydrogens is 176 g/mol. The van der Waals surface area contributed by atoms with E-state index >= 15 is 0 Å². The maximum absolute atomic E-state index is 5.97. The van der Waals surface area contributed by atoms with E-state index in [-0.39, 0.29) is 6.17 Å².